The van der Waals surface area contributed by atoms with Gasteiger partial charge in [-0.3, -0.25) is 0 Å². The Kier molecular flexibility index (Phi) is 5.34. The van der Waals surface area contributed by atoms with E-state index in [1.807, 2.05) is 17.5 Å². The van der Waals surface area contributed by atoms with Gasteiger partial charge in [-0.2, -0.15) is 5.26 Å². The minimum Gasteiger partial charge on any atom is -0.463 e. The molecule has 2 rings (SSSR count). The highest BCUT2D eigenvalue weighted by atomic mass is 32.1. The van der Waals surface area contributed by atoms with Crippen molar-refractivity contribution in [1.29, 1.82) is 5.26 Å². The molecule has 0 amide bonds. The molecule has 6 heteroatoms. The molecular weight excluding hydrogens is 328 g/mol. The Morgan fingerprint density at radius 2 is 2.43 bits per heavy atom. The first-order valence-electron chi connectivity index (χ1n) is 7.26. The van der Waals surface area contributed by atoms with Crippen molar-refractivity contribution in [2.45, 2.75) is 26.2 Å². The van der Waals surface area contributed by atoms with Crippen molar-refractivity contribution < 1.29 is 9.53 Å². The molecule has 0 bridgehead atoms. The van der Waals surface area contributed by atoms with E-state index in [0.717, 1.165) is 4.88 Å². The number of thiophene rings is 1. The number of rotatable bonds is 5. The van der Waals surface area contributed by atoms with Gasteiger partial charge in [0.2, 0.25) is 0 Å². The number of hydrogen-bond donors (Lipinski definition) is 1. The summed E-state index contributed by atoms with van der Waals surface area (Å²) in [5, 5.41) is 14.9. The van der Waals surface area contributed by atoms with Crippen LogP contribution < -0.4 is 5.32 Å². The molecule has 1 aromatic heterocycles. The molecule has 0 spiro atoms. The SMILES string of the molecule is C=CC[C@]1(C#N)C(=S)NC(C)=C(C(=O)OCC)[C@@H]1c1cccs1. The molecule has 0 fully saturated rings. The third-order valence-electron chi connectivity index (χ3n) is 3.88. The van der Waals surface area contributed by atoms with Crippen LogP contribution in [0, 0.1) is 16.7 Å². The van der Waals surface area contributed by atoms with Gasteiger partial charge >= 0.3 is 5.97 Å². The molecule has 0 radical (unpaired) electrons. The predicted octanol–water partition coefficient (Wildman–Crippen LogP) is 3.69. The first-order valence-corrected chi connectivity index (χ1v) is 8.55. The summed E-state index contributed by atoms with van der Waals surface area (Å²) < 4.78 is 5.22. The van der Waals surface area contributed by atoms with Gasteiger partial charge in [-0.05, 0) is 31.7 Å². The van der Waals surface area contributed by atoms with Gasteiger partial charge in [0.25, 0.3) is 0 Å². The van der Waals surface area contributed by atoms with Gasteiger partial charge in [-0.15, -0.1) is 17.9 Å². The molecule has 4 nitrogen and oxygen atoms in total. The lowest BCUT2D eigenvalue weighted by Gasteiger charge is -2.40. The third kappa shape index (κ3) is 2.94. The predicted molar refractivity (Wildman–Crippen MR) is 95.0 cm³/mol. The van der Waals surface area contributed by atoms with Gasteiger partial charge in [0, 0.05) is 10.6 Å². The number of carbonyl (C=O) groups is 1. The van der Waals surface area contributed by atoms with Gasteiger partial charge in [0.05, 0.1) is 24.2 Å². The Bertz CT molecular complexity index is 701. The maximum absolute atomic E-state index is 12.5. The van der Waals surface area contributed by atoms with Crippen LogP contribution in [0.1, 0.15) is 31.1 Å². The van der Waals surface area contributed by atoms with E-state index in [-0.39, 0.29) is 6.61 Å². The largest absolute Gasteiger partial charge is 0.463 e. The number of esters is 1. The van der Waals surface area contributed by atoms with Crippen LogP contribution in [0.25, 0.3) is 0 Å². The zero-order valence-corrected chi connectivity index (χ0v) is 14.7. The standard InChI is InChI=1S/C17H18N2O2S2/c1-4-8-17(10-18)14(12-7-6-9-23-12)13(15(20)21-5-2)11(3)19-16(17)22/h4,6-7,9,14H,1,5,8H2,2-3H3,(H,19,22)/t14-,17+/m0/s1. The van der Waals surface area contributed by atoms with Gasteiger partial charge in [0.15, 0.2) is 0 Å². The molecule has 1 N–H and O–H groups in total. The Morgan fingerprint density at radius 1 is 1.70 bits per heavy atom. The van der Waals surface area contributed by atoms with Gasteiger partial charge in [-0.1, -0.05) is 24.4 Å². The van der Waals surface area contributed by atoms with Crippen molar-refractivity contribution in [3.63, 3.8) is 0 Å². The molecular formula is C17H18N2O2S2. The highest BCUT2D eigenvalue weighted by Crippen LogP contribution is 2.49. The van der Waals surface area contributed by atoms with Crippen molar-refractivity contribution >= 4 is 34.5 Å². The highest BCUT2D eigenvalue weighted by molar-refractivity contribution is 7.80. The highest BCUT2D eigenvalue weighted by Gasteiger charge is 2.51. The van der Waals surface area contributed by atoms with E-state index in [9.17, 15) is 10.1 Å². The maximum Gasteiger partial charge on any atom is 0.336 e. The Balaban J connectivity index is 2.70. The summed E-state index contributed by atoms with van der Waals surface area (Å²) >= 11 is 6.97. The minimum atomic E-state index is -1.04. The van der Waals surface area contributed by atoms with Crippen molar-refractivity contribution in [2.75, 3.05) is 6.61 Å². The van der Waals surface area contributed by atoms with Crippen LogP contribution in [0.2, 0.25) is 0 Å². The molecule has 0 saturated carbocycles. The fourth-order valence-corrected chi connectivity index (χ4v) is 4.19. The van der Waals surface area contributed by atoms with Crippen LogP contribution in [0.4, 0.5) is 0 Å². The summed E-state index contributed by atoms with van der Waals surface area (Å²) in [6.45, 7) is 7.58. The van der Waals surface area contributed by atoms with E-state index in [0.29, 0.717) is 22.7 Å². The van der Waals surface area contributed by atoms with E-state index in [1.54, 1.807) is 19.9 Å². The zero-order chi connectivity index (χ0) is 17.0. The van der Waals surface area contributed by atoms with Crippen LogP contribution in [0.15, 0.2) is 41.4 Å². The van der Waals surface area contributed by atoms with Gasteiger partial charge < -0.3 is 10.1 Å². The number of nitrogens with zero attached hydrogens (tertiary/aromatic N) is 1. The number of hydrogen-bond acceptors (Lipinski definition) is 5. The summed E-state index contributed by atoms with van der Waals surface area (Å²) in [6.07, 6.45) is 2.02. The van der Waals surface area contributed by atoms with Crippen LogP contribution >= 0.6 is 23.6 Å². The Hall–Kier alpha value is -1.97. The molecule has 1 aliphatic heterocycles. The smallest absolute Gasteiger partial charge is 0.336 e. The van der Waals surface area contributed by atoms with Gasteiger partial charge in [0.1, 0.15) is 10.4 Å². The second-order valence-electron chi connectivity index (χ2n) is 5.24. The summed E-state index contributed by atoms with van der Waals surface area (Å²) in [4.78, 5) is 13.9. The molecule has 1 aromatic rings. The van der Waals surface area contributed by atoms with Crippen LogP contribution in [-0.2, 0) is 9.53 Å². The van der Waals surface area contributed by atoms with Gasteiger partial charge in [-0.25, -0.2) is 4.79 Å². The maximum atomic E-state index is 12.5. The fourth-order valence-electron chi connectivity index (χ4n) is 2.86. The van der Waals surface area contributed by atoms with E-state index in [2.05, 4.69) is 18.0 Å². The molecule has 120 valence electrons. The number of carbonyl (C=O) groups excluding carboxylic acids is 1. The van der Waals surface area contributed by atoms with Crippen molar-refractivity contribution in [2.24, 2.45) is 5.41 Å². The fraction of sp³-hybridized carbons (Fsp3) is 0.353. The van der Waals surface area contributed by atoms with Crippen LogP contribution in [0.3, 0.4) is 0 Å². The number of nitriles is 1. The van der Waals surface area contributed by atoms with E-state index in [4.69, 9.17) is 17.0 Å². The molecule has 2 heterocycles. The summed E-state index contributed by atoms with van der Waals surface area (Å²) in [6, 6.07) is 6.17. The lowest BCUT2D eigenvalue weighted by Crippen LogP contribution is -2.48. The van der Waals surface area contributed by atoms with E-state index >= 15 is 0 Å². The summed E-state index contributed by atoms with van der Waals surface area (Å²) in [5.74, 6) is -0.875. The summed E-state index contributed by atoms with van der Waals surface area (Å²) in [7, 11) is 0. The van der Waals surface area contributed by atoms with E-state index < -0.39 is 17.3 Å². The van der Waals surface area contributed by atoms with Crippen LogP contribution in [-0.4, -0.2) is 17.6 Å². The molecule has 0 aromatic carbocycles. The topological polar surface area (TPSA) is 62.1 Å². The molecule has 0 saturated heterocycles. The molecule has 2 atom stereocenters. The average molecular weight is 346 g/mol. The molecule has 1 aliphatic rings. The lowest BCUT2D eigenvalue weighted by molar-refractivity contribution is -0.139. The number of nitrogens with one attached hydrogen (secondary N) is 1. The Labute approximate surface area is 145 Å². The number of allylic oxidation sites excluding steroid dienone is 2. The van der Waals surface area contributed by atoms with Crippen molar-refractivity contribution in [3.8, 4) is 6.07 Å². The zero-order valence-electron chi connectivity index (χ0n) is 13.1. The Morgan fingerprint density at radius 3 is 2.96 bits per heavy atom. The van der Waals surface area contributed by atoms with Crippen molar-refractivity contribution in [3.05, 3.63) is 46.3 Å². The second-order valence-corrected chi connectivity index (χ2v) is 6.63. The average Bonchev–Trinajstić information content (AvgIpc) is 3.03. The van der Waals surface area contributed by atoms with Crippen molar-refractivity contribution in [1.82, 2.24) is 5.32 Å². The first kappa shape index (κ1) is 17.4. The third-order valence-corrected chi connectivity index (χ3v) is 5.28. The minimum absolute atomic E-state index is 0.276. The second kappa shape index (κ2) is 7.07. The normalized spacial score (nSPS) is 23.9. The first-order chi connectivity index (χ1) is 11.0. The quantitative estimate of drug-likeness (QED) is 0.500. The monoisotopic (exact) mass is 346 g/mol. The molecule has 0 unspecified atom stereocenters. The lowest BCUT2D eigenvalue weighted by atomic mass is 9.67. The van der Waals surface area contributed by atoms with E-state index in [1.165, 1.54) is 11.3 Å². The number of thiocarbonyl (C=S) groups is 1. The van der Waals surface area contributed by atoms with Crippen LogP contribution in [0.5, 0.6) is 0 Å². The summed E-state index contributed by atoms with van der Waals surface area (Å²) in [5.41, 5.74) is 0.0666. The molecule has 0 aliphatic carbocycles. The number of ether oxygens (including phenoxy) is 1. The molecule has 23 heavy (non-hydrogen) atoms.